The monoisotopic (exact) mass is 429 g/mol. The zero-order valence-corrected chi connectivity index (χ0v) is 17.5. The van der Waals surface area contributed by atoms with Crippen LogP contribution in [0.4, 0.5) is 10.5 Å². The number of aryl methyl sites for hydroxylation is 1. The Morgan fingerprint density at radius 3 is 2.59 bits per heavy atom. The third-order valence-corrected chi connectivity index (χ3v) is 4.96. The number of nitrogens with two attached hydrogens (primary N) is 1. The van der Waals surface area contributed by atoms with Crippen LogP contribution >= 0.6 is 0 Å². The number of nitrogens with zero attached hydrogens (tertiary/aromatic N) is 1. The van der Waals surface area contributed by atoms with Gasteiger partial charge in [0.25, 0.3) is 0 Å². The van der Waals surface area contributed by atoms with Gasteiger partial charge in [0.15, 0.2) is 0 Å². The van der Waals surface area contributed by atoms with Crippen molar-refractivity contribution < 1.29 is 14.3 Å². The number of nitrogens with one attached hydrogen (secondary N) is 3. The Hall–Kier alpha value is -4.33. The summed E-state index contributed by atoms with van der Waals surface area (Å²) in [5.41, 5.74) is 8.78. The predicted octanol–water partition coefficient (Wildman–Crippen LogP) is 3.88. The molecule has 0 aliphatic carbocycles. The minimum absolute atomic E-state index is 0.291. The number of ether oxygens (including phenoxy) is 1. The number of urea groups is 1. The highest BCUT2D eigenvalue weighted by atomic mass is 16.5. The smallest absolute Gasteiger partial charge is 0.312 e. The van der Waals surface area contributed by atoms with Crippen molar-refractivity contribution in [1.29, 1.82) is 0 Å². The summed E-state index contributed by atoms with van der Waals surface area (Å²) in [5.74, 6) is 0.699. The van der Waals surface area contributed by atoms with Crippen LogP contribution in [0.5, 0.6) is 11.6 Å². The summed E-state index contributed by atoms with van der Waals surface area (Å²) in [6, 6.07) is 16.8. The number of anilines is 1. The normalized spacial score (nSPS) is 11.7. The molecule has 162 valence electrons. The summed E-state index contributed by atoms with van der Waals surface area (Å²) in [6.45, 7) is 1.95. The number of hydrogen-bond acceptors (Lipinski definition) is 4. The maximum atomic E-state index is 12.9. The first kappa shape index (κ1) is 20.9. The van der Waals surface area contributed by atoms with E-state index in [4.69, 9.17) is 10.5 Å². The molecule has 32 heavy (non-hydrogen) atoms. The van der Waals surface area contributed by atoms with Gasteiger partial charge in [-0.2, -0.15) is 0 Å². The van der Waals surface area contributed by atoms with E-state index >= 15 is 0 Å². The fourth-order valence-electron chi connectivity index (χ4n) is 3.37. The van der Waals surface area contributed by atoms with Crippen LogP contribution < -0.4 is 21.1 Å². The summed E-state index contributed by atoms with van der Waals surface area (Å²) in [4.78, 5) is 31.8. The Bertz CT molecular complexity index is 1230. The number of benzene rings is 2. The molecule has 0 bridgehead atoms. The molecule has 2 aromatic heterocycles. The van der Waals surface area contributed by atoms with Crippen molar-refractivity contribution in [3.05, 3.63) is 84.2 Å². The molecule has 0 fully saturated rings. The van der Waals surface area contributed by atoms with Crippen molar-refractivity contribution in [2.45, 2.75) is 19.4 Å². The topological polar surface area (TPSA) is 122 Å². The number of primary amides is 1. The Morgan fingerprint density at radius 2 is 1.88 bits per heavy atom. The van der Waals surface area contributed by atoms with E-state index in [-0.39, 0.29) is 5.91 Å². The van der Waals surface area contributed by atoms with Gasteiger partial charge in [-0.3, -0.25) is 4.79 Å². The Labute approximate surface area is 184 Å². The number of H-pyrrole nitrogens is 1. The van der Waals surface area contributed by atoms with Crippen molar-refractivity contribution in [3.63, 3.8) is 0 Å². The Kier molecular flexibility index (Phi) is 6.03. The molecule has 0 radical (unpaired) electrons. The van der Waals surface area contributed by atoms with E-state index in [0.29, 0.717) is 23.7 Å². The van der Waals surface area contributed by atoms with Crippen molar-refractivity contribution in [2.75, 3.05) is 5.32 Å². The molecule has 1 atom stereocenters. The highest BCUT2D eigenvalue weighted by Crippen LogP contribution is 2.22. The van der Waals surface area contributed by atoms with Crippen LogP contribution in [0.15, 0.2) is 73.1 Å². The van der Waals surface area contributed by atoms with Crippen molar-refractivity contribution in [2.24, 2.45) is 5.73 Å². The zero-order chi connectivity index (χ0) is 22.5. The second-order valence-corrected chi connectivity index (χ2v) is 7.41. The van der Waals surface area contributed by atoms with Crippen molar-refractivity contribution in [1.82, 2.24) is 15.3 Å². The van der Waals surface area contributed by atoms with Crippen LogP contribution in [0.25, 0.3) is 10.9 Å². The lowest BCUT2D eigenvalue weighted by Crippen LogP contribution is -2.47. The molecule has 0 saturated carbocycles. The van der Waals surface area contributed by atoms with Gasteiger partial charge in [0.2, 0.25) is 11.8 Å². The standard InChI is InChI=1S/C24H23N5O3/c1-15-6-11-22(27-13-15)32-18-9-7-17(8-10-18)28-23(30)21(29-24(25)31)12-16-14-26-20-5-3-2-4-19(16)20/h2-11,13-14,21,26H,12H2,1H3,(H,28,30)(H3,25,29,31). The summed E-state index contributed by atoms with van der Waals surface area (Å²) < 4.78 is 5.70. The second kappa shape index (κ2) is 9.22. The second-order valence-electron chi connectivity index (χ2n) is 7.41. The average Bonchev–Trinajstić information content (AvgIpc) is 3.19. The average molecular weight is 429 g/mol. The van der Waals surface area contributed by atoms with Crippen LogP contribution in [0, 0.1) is 6.92 Å². The number of carbonyl (C=O) groups is 2. The number of aromatic amines is 1. The highest BCUT2D eigenvalue weighted by molar-refractivity contribution is 5.97. The van der Waals surface area contributed by atoms with Gasteiger partial charge in [-0.25, -0.2) is 9.78 Å². The molecule has 0 saturated heterocycles. The van der Waals surface area contributed by atoms with Gasteiger partial charge in [0.05, 0.1) is 0 Å². The van der Waals surface area contributed by atoms with Crippen molar-refractivity contribution >= 4 is 28.5 Å². The van der Waals surface area contributed by atoms with E-state index in [0.717, 1.165) is 22.0 Å². The molecule has 2 heterocycles. The molecule has 0 aliphatic heterocycles. The molecule has 8 heteroatoms. The van der Waals surface area contributed by atoms with Gasteiger partial charge in [-0.1, -0.05) is 24.3 Å². The minimum atomic E-state index is -0.834. The van der Waals surface area contributed by atoms with E-state index in [1.165, 1.54) is 0 Å². The molecule has 0 aliphatic rings. The lowest BCUT2D eigenvalue weighted by molar-refractivity contribution is -0.117. The number of para-hydroxylation sites is 1. The molecular formula is C24H23N5O3. The summed E-state index contributed by atoms with van der Waals surface area (Å²) in [7, 11) is 0. The van der Waals surface area contributed by atoms with E-state index in [1.807, 2.05) is 43.5 Å². The highest BCUT2D eigenvalue weighted by Gasteiger charge is 2.22. The summed E-state index contributed by atoms with van der Waals surface area (Å²) >= 11 is 0. The van der Waals surface area contributed by atoms with Crippen LogP contribution in [0.1, 0.15) is 11.1 Å². The van der Waals surface area contributed by atoms with Crippen LogP contribution in [-0.2, 0) is 11.2 Å². The summed E-state index contributed by atoms with van der Waals surface area (Å²) in [6.07, 6.45) is 3.85. The van der Waals surface area contributed by atoms with E-state index in [9.17, 15) is 9.59 Å². The molecule has 1 unspecified atom stereocenters. The Balaban J connectivity index is 1.44. The molecular weight excluding hydrogens is 406 g/mol. The largest absolute Gasteiger partial charge is 0.439 e. The van der Waals surface area contributed by atoms with Crippen LogP contribution in [-0.4, -0.2) is 27.9 Å². The lowest BCUT2D eigenvalue weighted by Gasteiger charge is -2.17. The van der Waals surface area contributed by atoms with Crippen LogP contribution in [0.2, 0.25) is 0 Å². The number of hydrogen-bond donors (Lipinski definition) is 4. The van der Waals surface area contributed by atoms with Gasteiger partial charge in [-0.05, 0) is 48.4 Å². The molecule has 4 aromatic rings. The maximum Gasteiger partial charge on any atom is 0.312 e. The first-order chi connectivity index (χ1) is 15.5. The lowest BCUT2D eigenvalue weighted by atomic mass is 10.0. The third-order valence-electron chi connectivity index (χ3n) is 4.96. The van der Waals surface area contributed by atoms with E-state index < -0.39 is 12.1 Å². The first-order valence-corrected chi connectivity index (χ1v) is 10.1. The summed E-state index contributed by atoms with van der Waals surface area (Å²) in [5, 5.41) is 6.34. The van der Waals surface area contributed by atoms with Gasteiger partial charge in [-0.15, -0.1) is 0 Å². The number of amides is 3. The number of aromatic nitrogens is 2. The van der Waals surface area contributed by atoms with Gasteiger partial charge >= 0.3 is 6.03 Å². The molecule has 0 spiro atoms. The van der Waals surface area contributed by atoms with Crippen molar-refractivity contribution in [3.8, 4) is 11.6 Å². The zero-order valence-electron chi connectivity index (χ0n) is 17.5. The van der Waals surface area contributed by atoms with E-state index in [2.05, 4.69) is 20.6 Å². The molecule has 5 N–H and O–H groups in total. The molecule has 8 nitrogen and oxygen atoms in total. The number of rotatable bonds is 7. The fourth-order valence-corrected chi connectivity index (χ4v) is 3.37. The molecule has 4 rings (SSSR count). The number of carbonyl (C=O) groups excluding carboxylic acids is 2. The number of fused-ring (bicyclic) bond motifs is 1. The molecule has 3 amide bonds. The minimum Gasteiger partial charge on any atom is -0.439 e. The van der Waals surface area contributed by atoms with E-state index in [1.54, 1.807) is 36.5 Å². The fraction of sp³-hybridized carbons (Fsp3) is 0.125. The maximum absolute atomic E-state index is 12.9. The molecule has 2 aromatic carbocycles. The third kappa shape index (κ3) is 5.04. The quantitative estimate of drug-likeness (QED) is 0.356. The van der Waals surface area contributed by atoms with Gasteiger partial charge in [0.1, 0.15) is 11.8 Å². The Morgan fingerprint density at radius 1 is 1.09 bits per heavy atom. The van der Waals surface area contributed by atoms with Gasteiger partial charge in [0, 0.05) is 41.5 Å². The number of pyridine rings is 1. The predicted molar refractivity (Wildman–Crippen MR) is 123 cm³/mol. The van der Waals surface area contributed by atoms with Gasteiger partial charge < -0.3 is 26.1 Å². The SMILES string of the molecule is Cc1ccc(Oc2ccc(NC(=O)C(Cc3c[nH]c4ccccc34)NC(N)=O)cc2)nc1. The van der Waals surface area contributed by atoms with Crippen LogP contribution in [0.3, 0.4) is 0 Å². The first-order valence-electron chi connectivity index (χ1n) is 10.1.